The number of methoxy groups -OCH3 is 1. The second-order valence-corrected chi connectivity index (χ2v) is 7.53. The number of halogens is 2. The number of aryl methyl sites for hydroxylation is 1. The molecule has 3 aromatic rings. The zero-order valence-corrected chi connectivity index (χ0v) is 18.0. The molecule has 0 fully saturated rings. The van der Waals surface area contributed by atoms with Crippen LogP contribution in [-0.2, 0) is 17.8 Å². The van der Waals surface area contributed by atoms with E-state index in [0.717, 1.165) is 48.7 Å². The van der Waals surface area contributed by atoms with Crippen molar-refractivity contribution in [3.05, 3.63) is 77.6 Å². The summed E-state index contributed by atoms with van der Waals surface area (Å²) in [6.07, 6.45) is 6.45. The lowest BCUT2D eigenvalue weighted by atomic mass is 10.1. The van der Waals surface area contributed by atoms with Crippen molar-refractivity contribution in [3.63, 3.8) is 0 Å². The first-order valence-electron chi connectivity index (χ1n) is 10.6. The van der Waals surface area contributed by atoms with Crippen LogP contribution in [0, 0.1) is 11.6 Å². The molecule has 4 nitrogen and oxygen atoms in total. The summed E-state index contributed by atoms with van der Waals surface area (Å²) in [6.45, 7) is 3.20. The molecule has 0 aliphatic rings. The number of nitrogens with zero attached hydrogens (tertiary/aromatic N) is 1. The molecule has 1 heterocycles. The zero-order chi connectivity index (χ0) is 22.2. The van der Waals surface area contributed by atoms with Gasteiger partial charge in [0.1, 0.15) is 17.3 Å². The summed E-state index contributed by atoms with van der Waals surface area (Å²) in [5, 5.41) is 3.14. The number of aromatic nitrogens is 1. The molecule has 2 aromatic carbocycles. The number of hydrogen-bond acceptors (Lipinski definition) is 3. The molecule has 1 N–H and O–H groups in total. The van der Waals surface area contributed by atoms with E-state index in [1.54, 1.807) is 0 Å². The summed E-state index contributed by atoms with van der Waals surface area (Å²) in [5.41, 5.74) is 3.67. The molecule has 0 amide bonds. The number of ether oxygens (including phenoxy) is 1. The topological polar surface area (TPSA) is 43.3 Å². The van der Waals surface area contributed by atoms with Crippen LogP contribution in [0.2, 0.25) is 0 Å². The molecule has 6 heteroatoms. The number of hydrogen-bond donors (Lipinski definition) is 1. The molecule has 0 aliphatic carbocycles. The van der Waals surface area contributed by atoms with E-state index < -0.39 is 11.6 Å². The van der Waals surface area contributed by atoms with Gasteiger partial charge in [0.2, 0.25) is 0 Å². The predicted molar refractivity (Wildman–Crippen MR) is 119 cm³/mol. The first-order valence-corrected chi connectivity index (χ1v) is 10.6. The van der Waals surface area contributed by atoms with Crippen molar-refractivity contribution in [2.75, 3.05) is 12.4 Å². The van der Waals surface area contributed by atoms with Gasteiger partial charge in [0.15, 0.2) is 0 Å². The minimum Gasteiger partial charge on any atom is -0.464 e. The van der Waals surface area contributed by atoms with Crippen molar-refractivity contribution >= 4 is 11.7 Å². The summed E-state index contributed by atoms with van der Waals surface area (Å²) >= 11 is 0. The van der Waals surface area contributed by atoms with Gasteiger partial charge in [-0.3, -0.25) is 0 Å². The quantitative estimate of drug-likeness (QED) is 0.301. The number of nitrogens with one attached hydrogen (secondary N) is 1. The number of esters is 1. The lowest BCUT2D eigenvalue weighted by molar-refractivity contribution is 0.0588. The maximum Gasteiger partial charge on any atom is 0.354 e. The van der Waals surface area contributed by atoms with Gasteiger partial charge in [-0.2, -0.15) is 0 Å². The Kier molecular flexibility index (Phi) is 7.82. The van der Waals surface area contributed by atoms with Gasteiger partial charge in [0, 0.05) is 42.2 Å². The third-order valence-corrected chi connectivity index (χ3v) is 5.26. The first kappa shape index (κ1) is 22.5. The molecule has 0 spiro atoms. The normalized spacial score (nSPS) is 10.8. The molecule has 0 bridgehead atoms. The minimum absolute atomic E-state index is 0.256. The van der Waals surface area contributed by atoms with E-state index >= 15 is 0 Å². The van der Waals surface area contributed by atoms with Crippen molar-refractivity contribution in [1.29, 1.82) is 0 Å². The van der Waals surface area contributed by atoms with Gasteiger partial charge in [0.05, 0.1) is 7.11 Å². The van der Waals surface area contributed by atoms with Crippen LogP contribution in [0.4, 0.5) is 14.5 Å². The van der Waals surface area contributed by atoms with E-state index in [2.05, 4.69) is 12.2 Å². The van der Waals surface area contributed by atoms with Crippen LogP contribution in [0.15, 0.2) is 54.7 Å². The van der Waals surface area contributed by atoms with Gasteiger partial charge < -0.3 is 14.6 Å². The maximum atomic E-state index is 13.8. The number of rotatable bonds is 10. The third-order valence-electron chi connectivity index (χ3n) is 5.26. The Morgan fingerprint density at radius 1 is 1.00 bits per heavy atom. The molecule has 0 radical (unpaired) electrons. The average Bonchev–Trinajstić information content (AvgIpc) is 3.20. The van der Waals surface area contributed by atoms with Crippen LogP contribution in [0.25, 0.3) is 11.1 Å². The second kappa shape index (κ2) is 10.8. The highest BCUT2D eigenvalue weighted by atomic mass is 19.1. The molecule has 0 atom stereocenters. The molecule has 0 saturated carbocycles. The Hall–Kier alpha value is -3.15. The molecule has 3 rings (SSSR count). The monoisotopic (exact) mass is 426 g/mol. The molecular weight excluding hydrogens is 398 g/mol. The van der Waals surface area contributed by atoms with Crippen LogP contribution >= 0.6 is 0 Å². The molecule has 1 aromatic heterocycles. The highest BCUT2D eigenvalue weighted by Gasteiger charge is 2.15. The molecule has 164 valence electrons. The van der Waals surface area contributed by atoms with Crippen LogP contribution in [-0.4, -0.2) is 17.6 Å². The lowest BCUT2D eigenvalue weighted by Gasteiger charge is -2.08. The van der Waals surface area contributed by atoms with Crippen LogP contribution in [0.1, 0.15) is 48.7 Å². The summed E-state index contributed by atoms with van der Waals surface area (Å²) < 4.78 is 33.7. The van der Waals surface area contributed by atoms with E-state index in [1.807, 2.05) is 41.1 Å². The van der Waals surface area contributed by atoms with Crippen LogP contribution < -0.4 is 5.32 Å². The number of carbonyl (C=O) groups excluding carboxylic acids is 1. The molecule has 0 unspecified atom stereocenters. The van der Waals surface area contributed by atoms with E-state index in [9.17, 15) is 13.6 Å². The average molecular weight is 427 g/mol. The summed E-state index contributed by atoms with van der Waals surface area (Å²) in [6, 6.07) is 13.1. The Balaban J connectivity index is 1.70. The first-order chi connectivity index (χ1) is 15.0. The van der Waals surface area contributed by atoms with Crippen LogP contribution in [0.5, 0.6) is 0 Å². The van der Waals surface area contributed by atoms with Crippen molar-refractivity contribution in [3.8, 4) is 11.1 Å². The number of carbonyl (C=O) groups is 1. The van der Waals surface area contributed by atoms with E-state index in [1.165, 1.54) is 25.7 Å². The summed E-state index contributed by atoms with van der Waals surface area (Å²) in [5.74, 6) is -1.50. The second-order valence-electron chi connectivity index (χ2n) is 7.53. The lowest BCUT2D eigenvalue weighted by Crippen LogP contribution is -2.10. The number of benzene rings is 2. The van der Waals surface area contributed by atoms with E-state index in [0.29, 0.717) is 11.3 Å². The largest absolute Gasteiger partial charge is 0.464 e. The van der Waals surface area contributed by atoms with Gasteiger partial charge >= 0.3 is 5.97 Å². The standard InChI is InChI=1S/C25H28F2N2O2/c1-3-4-5-6-13-29-17-20(14-24(29)25(30)31-2)18-8-11-22(12-9-18)28-16-19-7-10-21(26)15-23(19)27/h7-12,14-15,17,28H,3-6,13,16H2,1-2H3. The Labute approximate surface area is 181 Å². The van der Waals surface area contributed by atoms with E-state index in [4.69, 9.17) is 4.74 Å². The van der Waals surface area contributed by atoms with Crippen molar-refractivity contribution in [2.24, 2.45) is 0 Å². The van der Waals surface area contributed by atoms with Gasteiger partial charge in [-0.1, -0.05) is 44.4 Å². The Bertz CT molecular complexity index is 1010. The third kappa shape index (κ3) is 5.94. The summed E-state index contributed by atoms with van der Waals surface area (Å²) in [7, 11) is 1.39. The van der Waals surface area contributed by atoms with Crippen molar-refractivity contribution < 1.29 is 18.3 Å². The van der Waals surface area contributed by atoms with E-state index in [-0.39, 0.29) is 12.5 Å². The zero-order valence-electron chi connectivity index (χ0n) is 18.0. The Morgan fingerprint density at radius 2 is 1.77 bits per heavy atom. The van der Waals surface area contributed by atoms with Gasteiger partial charge in [-0.05, 0) is 36.2 Å². The molecular formula is C25H28F2N2O2. The van der Waals surface area contributed by atoms with Gasteiger partial charge in [-0.15, -0.1) is 0 Å². The number of anilines is 1. The summed E-state index contributed by atoms with van der Waals surface area (Å²) in [4.78, 5) is 12.2. The number of unbranched alkanes of at least 4 members (excludes halogenated alkanes) is 3. The Morgan fingerprint density at radius 3 is 2.45 bits per heavy atom. The highest BCUT2D eigenvalue weighted by Crippen LogP contribution is 2.25. The molecule has 0 saturated heterocycles. The fourth-order valence-corrected chi connectivity index (χ4v) is 3.48. The fourth-order valence-electron chi connectivity index (χ4n) is 3.48. The maximum absolute atomic E-state index is 13.8. The van der Waals surface area contributed by atoms with Gasteiger partial charge in [0.25, 0.3) is 0 Å². The fraction of sp³-hybridized carbons (Fsp3) is 0.320. The van der Waals surface area contributed by atoms with Crippen LogP contribution in [0.3, 0.4) is 0 Å². The molecule has 0 aliphatic heterocycles. The van der Waals surface area contributed by atoms with Gasteiger partial charge in [-0.25, -0.2) is 13.6 Å². The SMILES string of the molecule is CCCCCCn1cc(-c2ccc(NCc3ccc(F)cc3F)cc2)cc1C(=O)OC. The minimum atomic E-state index is -0.589. The van der Waals surface area contributed by atoms with Crippen molar-refractivity contribution in [2.45, 2.75) is 45.7 Å². The highest BCUT2D eigenvalue weighted by molar-refractivity contribution is 5.89. The smallest absolute Gasteiger partial charge is 0.354 e. The molecule has 31 heavy (non-hydrogen) atoms. The predicted octanol–water partition coefficient (Wildman–Crippen LogP) is 6.41. The van der Waals surface area contributed by atoms with Crippen molar-refractivity contribution in [1.82, 2.24) is 4.57 Å².